The van der Waals surface area contributed by atoms with E-state index in [1.807, 2.05) is 19.9 Å². The number of rotatable bonds is 5. The van der Waals surface area contributed by atoms with E-state index in [1.54, 1.807) is 0 Å². The molecule has 5 nitrogen and oxygen atoms in total. The van der Waals surface area contributed by atoms with Crippen molar-refractivity contribution in [2.75, 3.05) is 24.1 Å². The summed E-state index contributed by atoms with van der Waals surface area (Å²) in [5.74, 6) is -0.250. The van der Waals surface area contributed by atoms with Crippen molar-refractivity contribution in [2.24, 2.45) is 0 Å². The van der Waals surface area contributed by atoms with Gasteiger partial charge < -0.3 is 16.4 Å². The Morgan fingerprint density at radius 1 is 1.61 bits per heavy atom. The molecule has 0 aliphatic carbocycles. The topological polar surface area (TPSA) is 90.9 Å². The van der Waals surface area contributed by atoms with Crippen molar-refractivity contribution in [2.45, 2.75) is 13.8 Å². The first-order valence-electron chi connectivity index (χ1n) is 5.50. The summed E-state index contributed by atoms with van der Waals surface area (Å²) in [5, 5.41) is 15.4. The highest BCUT2D eigenvalue weighted by Crippen LogP contribution is 2.35. The number of hydrogen-bond donors (Lipinski definition) is 3. The smallest absolute Gasteiger partial charge is 0.263 e. The summed E-state index contributed by atoms with van der Waals surface area (Å²) in [7, 11) is 0. The summed E-state index contributed by atoms with van der Waals surface area (Å²) in [6.07, 6.45) is 0. The molecule has 1 heterocycles. The highest BCUT2D eigenvalue weighted by molar-refractivity contribution is 7.18. The standard InChI is InChI=1S/C12H16N4OS/c1-4-15-11(17)10-9(14)8(5-13)12(18-10)16-6-7(2)3/h16H,2,4,6,14H2,1,3H3,(H,15,17). The fraction of sp³-hybridized carbons (Fsp3) is 0.333. The van der Waals surface area contributed by atoms with Gasteiger partial charge in [0.25, 0.3) is 5.91 Å². The van der Waals surface area contributed by atoms with Gasteiger partial charge in [-0.25, -0.2) is 0 Å². The number of nitrogens with two attached hydrogens (primary N) is 1. The Morgan fingerprint density at radius 2 is 2.28 bits per heavy atom. The lowest BCUT2D eigenvalue weighted by molar-refractivity contribution is 0.0960. The fourth-order valence-corrected chi connectivity index (χ4v) is 2.30. The molecule has 0 unspecified atom stereocenters. The Balaban J connectivity index is 3.06. The predicted molar refractivity (Wildman–Crippen MR) is 74.8 cm³/mol. The van der Waals surface area contributed by atoms with Crippen molar-refractivity contribution in [3.8, 4) is 6.07 Å². The van der Waals surface area contributed by atoms with Gasteiger partial charge in [0.1, 0.15) is 21.5 Å². The number of nitrogens with one attached hydrogen (secondary N) is 2. The first-order valence-corrected chi connectivity index (χ1v) is 6.31. The molecule has 0 fully saturated rings. The van der Waals surface area contributed by atoms with Crippen LogP contribution in [0.2, 0.25) is 0 Å². The van der Waals surface area contributed by atoms with Crippen LogP contribution in [0, 0.1) is 11.3 Å². The second kappa shape index (κ2) is 6.07. The molecular weight excluding hydrogens is 248 g/mol. The van der Waals surface area contributed by atoms with Crippen molar-refractivity contribution in [1.82, 2.24) is 5.32 Å². The largest absolute Gasteiger partial charge is 0.396 e. The minimum atomic E-state index is -0.250. The lowest BCUT2D eigenvalue weighted by Gasteiger charge is -2.02. The Kier molecular flexibility index (Phi) is 4.75. The third-order valence-corrected chi connectivity index (χ3v) is 3.31. The maximum atomic E-state index is 11.7. The van der Waals surface area contributed by atoms with Gasteiger partial charge in [-0.05, 0) is 13.8 Å². The van der Waals surface area contributed by atoms with Crippen molar-refractivity contribution in [3.63, 3.8) is 0 Å². The SMILES string of the molecule is C=C(C)CNc1sc(C(=O)NCC)c(N)c1C#N. The maximum absolute atomic E-state index is 11.7. The van der Waals surface area contributed by atoms with Crippen LogP contribution < -0.4 is 16.4 Å². The highest BCUT2D eigenvalue weighted by atomic mass is 32.1. The number of hydrogen-bond acceptors (Lipinski definition) is 5. The fourth-order valence-electron chi connectivity index (χ4n) is 1.32. The van der Waals surface area contributed by atoms with E-state index in [0.717, 1.165) is 5.57 Å². The molecule has 0 atom stereocenters. The van der Waals surface area contributed by atoms with Gasteiger partial charge in [-0.15, -0.1) is 11.3 Å². The summed E-state index contributed by atoms with van der Waals surface area (Å²) < 4.78 is 0. The molecule has 1 aromatic heterocycles. The van der Waals surface area contributed by atoms with E-state index < -0.39 is 0 Å². The van der Waals surface area contributed by atoms with Crippen molar-refractivity contribution in [1.29, 1.82) is 5.26 Å². The molecule has 0 saturated carbocycles. The van der Waals surface area contributed by atoms with Gasteiger partial charge in [0.2, 0.25) is 0 Å². The van der Waals surface area contributed by atoms with Crippen LogP contribution in [0.15, 0.2) is 12.2 Å². The highest BCUT2D eigenvalue weighted by Gasteiger charge is 2.20. The minimum Gasteiger partial charge on any atom is -0.396 e. The van der Waals surface area contributed by atoms with Gasteiger partial charge in [0, 0.05) is 13.1 Å². The van der Waals surface area contributed by atoms with Gasteiger partial charge in [-0.3, -0.25) is 4.79 Å². The number of carbonyl (C=O) groups excluding carboxylic acids is 1. The molecule has 6 heteroatoms. The van der Waals surface area contributed by atoms with E-state index >= 15 is 0 Å². The second-order valence-electron chi connectivity index (χ2n) is 3.83. The van der Waals surface area contributed by atoms with Gasteiger partial charge in [-0.1, -0.05) is 12.2 Å². The molecule has 0 aliphatic rings. The number of nitrogens with zero attached hydrogens (tertiary/aromatic N) is 1. The van der Waals surface area contributed by atoms with Crippen LogP contribution in [-0.2, 0) is 0 Å². The molecule has 1 amide bonds. The number of carbonyl (C=O) groups is 1. The third-order valence-electron chi connectivity index (χ3n) is 2.15. The lowest BCUT2D eigenvalue weighted by atomic mass is 10.2. The molecule has 0 aromatic carbocycles. The third kappa shape index (κ3) is 3.02. The van der Waals surface area contributed by atoms with Crippen LogP contribution in [0.3, 0.4) is 0 Å². The molecule has 18 heavy (non-hydrogen) atoms. The normalized spacial score (nSPS) is 9.61. The van der Waals surface area contributed by atoms with Crippen molar-refractivity contribution >= 4 is 27.9 Å². The average Bonchev–Trinajstić information content (AvgIpc) is 2.63. The zero-order valence-electron chi connectivity index (χ0n) is 10.5. The Hall–Kier alpha value is -2.00. The van der Waals surface area contributed by atoms with E-state index in [0.29, 0.717) is 28.5 Å². The van der Waals surface area contributed by atoms with E-state index in [9.17, 15) is 4.79 Å². The first kappa shape index (κ1) is 14.1. The van der Waals surface area contributed by atoms with Crippen LogP contribution in [-0.4, -0.2) is 19.0 Å². The quantitative estimate of drug-likeness (QED) is 0.709. The average molecular weight is 264 g/mol. The van der Waals surface area contributed by atoms with Crippen LogP contribution in [0.5, 0.6) is 0 Å². The number of anilines is 2. The van der Waals surface area contributed by atoms with Crippen LogP contribution in [0.1, 0.15) is 29.1 Å². The second-order valence-corrected chi connectivity index (χ2v) is 4.85. The van der Waals surface area contributed by atoms with Crippen LogP contribution in [0.25, 0.3) is 0 Å². The molecular formula is C12H16N4OS. The monoisotopic (exact) mass is 264 g/mol. The zero-order chi connectivity index (χ0) is 13.7. The molecule has 0 aliphatic heterocycles. The maximum Gasteiger partial charge on any atom is 0.263 e. The van der Waals surface area contributed by atoms with Crippen LogP contribution >= 0.6 is 11.3 Å². The molecule has 0 bridgehead atoms. The van der Waals surface area contributed by atoms with E-state index in [-0.39, 0.29) is 11.6 Å². The number of amides is 1. The summed E-state index contributed by atoms with van der Waals surface area (Å²) in [4.78, 5) is 12.1. The number of nitriles is 1. The Morgan fingerprint density at radius 3 is 2.78 bits per heavy atom. The summed E-state index contributed by atoms with van der Waals surface area (Å²) >= 11 is 1.19. The summed E-state index contributed by atoms with van der Waals surface area (Å²) in [6, 6.07) is 2.02. The van der Waals surface area contributed by atoms with Gasteiger partial charge >= 0.3 is 0 Å². The summed E-state index contributed by atoms with van der Waals surface area (Å²) in [5.41, 5.74) is 7.31. The molecule has 1 rings (SSSR count). The van der Waals surface area contributed by atoms with E-state index in [4.69, 9.17) is 11.0 Å². The number of thiophene rings is 1. The van der Waals surface area contributed by atoms with Crippen molar-refractivity contribution < 1.29 is 4.79 Å². The molecule has 1 aromatic rings. The zero-order valence-corrected chi connectivity index (χ0v) is 11.3. The van der Waals surface area contributed by atoms with Gasteiger partial charge in [0.05, 0.1) is 5.69 Å². The summed E-state index contributed by atoms with van der Waals surface area (Å²) in [6.45, 7) is 8.54. The molecule has 4 N–H and O–H groups in total. The van der Waals surface area contributed by atoms with E-state index in [2.05, 4.69) is 17.2 Å². The lowest BCUT2D eigenvalue weighted by Crippen LogP contribution is -2.22. The number of nitrogen functional groups attached to an aromatic ring is 1. The first-order chi connectivity index (χ1) is 8.51. The molecule has 0 saturated heterocycles. The Labute approximate surface area is 110 Å². The van der Waals surface area contributed by atoms with Crippen LogP contribution in [0.4, 0.5) is 10.7 Å². The van der Waals surface area contributed by atoms with E-state index in [1.165, 1.54) is 11.3 Å². The van der Waals surface area contributed by atoms with Crippen molar-refractivity contribution in [3.05, 3.63) is 22.6 Å². The molecule has 0 spiro atoms. The van der Waals surface area contributed by atoms with Gasteiger partial charge in [0.15, 0.2) is 0 Å². The molecule has 0 radical (unpaired) electrons. The van der Waals surface area contributed by atoms with Gasteiger partial charge in [-0.2, -0.15) is 5.26 Å². The Bertz CT molecular complexity index is 513. The minimum absolute atomic E-state index is 0.234. The molecule has 96 valence electrons. The predicted octanol–water partition coefficient (Wildman–Crippen LogP) is 1.94.